The van der Waals surface area contributed by atoms with E-state index in [-0.39, 0.29) is 0 Å². The third-order valence-corrected chi connectivity index (χ3v) is 1.77. The number of rotatable bonds is 2. The fourth-order valence-corrected chi connectivity index (χ4v) is 2.38. The van der Waals surface area contributed by atoms with E-state index < -0.39 is 0 Å². The summed E-state index contributed by atoms with van der Waals surface area (Å²) in [5, 5.41) is 0. The Kier molecular flexibility index (Phi) is 6.09. The summed E-state index contributed by atoms with van der Waals surface area (Å²) in [7, 11) is 0. The molecule has 0 saturated heterocycles. The Hall–Kier alpha value is 1.64. The third kappa shape index (κ3) is 5.64. The van der Waals surface area contributed by atoms with Crippen LogP contribution < -0.4 is 0 Å². The van der Waals surface area contributed by atoms with Crippen molar-refractivity contribution in [1.29, 1.82) is 0 Å². The van der Waals surface area contributed by atoms with E-state index in [1.807, 2.05) is 0 Å². The van der Waals surface area contributed by atoms with E-state index in [0.29, 0.717) is 0 Å². The average Bonchev–Trinajstić information content (AvgIpc) is 1.35. The maximum absolute atomic E-state index is 2.28. The molecule has 0 amide bonds. The van der Waals surface area contributed by atoms with Gasteiger partial charge in [0.05, 0.1) is 0 Å². The van der Waals surface area contributed by atoms with Gasteiger partial charge in [-0.15, -0.1) is 0 Å². The third-order valence-electron chi connectivity index (χ3n) is 0.866. The van der Waals surface area contributed by atoms with E-state index in [4.69, 9.17) is 0 Å². The molecule has 0 bridgehead atoms. The van der Waals surface area contributed by atoms with Crippen molar-refractivity contribution in [2.24, 2.45) is 5.92 Å². The predicted octanol–water partition coefficient (Wildman–Crippen LogP) is 1.62. The zero-order valence-corrected chi connectivity index (χ0v) is 8.11. The molecule has 0 aromatic rings. The van der Waals surface area contributed by atoms with E-state index in [1.54, 1.807) is 0 Å². The van der Waals surface area contributed by atoms with Crippen LogP contribution in [0.3, 0.4) is 0 Å². The Morgan fingerprint density at radius 1 is 1.50 bits per heavy atom. The molecule has 1 heteroatoms. The molecule has 0 rings (SSSR count). The molecule has 0 aromatic carbocycles. The van der Waals surface area contributed by atoms with Crippen LogP contribution in [0.2, 0.25) is 0.515 Å². The number of hydrogen-bond donors (Lipinski definition) is 0. The van der Waals surface area contributed by atoms with Crippen LogP contribution in [0.5, 0.6) is 0 Å². The first-order chi connectivity index (χ1) is 2.77. The molecule has 0 radical (unpaired) electrons. The van der Waals surface area contributed by atoms with Crippen LogP contribution >= 0.6 is 0 Å². The van der Waals surface area contributed by atoms with Crippen molar-refractivity contribution < 1.29 is 0 Å². The predicted molar refractivity (Wildman–Crippen MR) is 30.0 cm³/mol. The molecule has 0 aliphatic carbocycles. The second-order valence-corrected chi connectivity index (χ2v) is 3.74. The van der Waals surface area contributed by atoms with Crippen LogP contribution in [0.25, 0.3) is 0 Å². The summed E-state index contributed by atoms with van der Waals surface area (Å²) in [5.74, 6) is 0.945. The molecule has 32 valence electrons. The molecule has 0 aromatic heterocycles. The number of hydrogen-bond acceptors (Lipinski definition) is 0. The molecule has 0 unspecified atom stereocenters. The molecule has 0 atom stereocenters. The first-order valence-electron chi connectivity index (χ1n) is 2.77. The molecule has 0 aliphatic rings. The summed E-state index contributed by atoms with van der Waals surface area (Å²) in [5.41, 5.74) is 0. The van der Waals surface area contributed by atoms with Gasteiger partial charge >= 0.3 is 75.7 Å². The van der Waals surface area contributed by atoms with Crippen molar-refractivity contribution in [2.75, 3.05) is 0 Å². The van der Waals surface area contributed by atoms with Crippen molar-refractivity contribution >= 4 is 49.0 Å². The van der Waals surface area contributed by atoms with Crippen LogP contribution in [-0.2, 0) is 0 Å². The second-order valence-electron chi connectivity index (χ2n) is 2.18. The van der Waals surface area contributed by atoms with Crippen molar-refractivity contribution in [3.05, 3.63) is 0 Å². The van der Waals surface area contributed by atoms with Crippen molar-refractivity contribution in [3.63, 3.8) is 0 Å². The van der Waals surface area contributed by atoms with Crippen molar-refractivity contribution in [3.8, 4) is 0 Å². The van der Waals surface area contributed by atoms with Gasteiger partial charge in [0.1, 0.15) is 0 Å². The molecule has 0 aliphatic heterocycles. The molecule has 0 nitrogen and oxygen atoms in total. The first-order valence-corrected chi connectivity index (χ1v) is 4.98. The van der Waals surface area contributed by atoms with Crippen molar-refractivity contribution in [2.45, 2.75) is 20.8 Å². The van der Waals surface area contributed by atoms with Crippen LogP contribution in [0, 0.1) is 5.92 Å². The molecule has 0 N–H and O–H groups in total. The van der Waals surface area contributed by atoms with Gasteiger partial charge in [-0.2, -0.15) is 0 Å². The summed E-state index contributed by atoms with van der Waals surface area (Å²) >= 11 is 1.09. The fraction of sp³-hybridized carbons (Fsp3) is 1.00. The van der Waals surface area contributed by atoms with Crippen LogP contribution in [0.4, 0.5) is 0 Å². The van der Waals surface area contributed by atoms with E-state index in [2.05, 4.69) is 13.8 Å². The molecule has 0 heterocycles. The van der Waals surface area contributed by atoms with Crippen LogP contribution in [-0.4, -0.2) is 49.0 Å². The first kappa shape index (κ1) is 7.64. The Bertz CT molecular complexity index is 25.1. The topological polar surface area (TPSA) is 0 Å². The Morgan fingerprint density at radius 3 is 2.00 bits per heavy atom. The van der Waals surface area contributed by atoms with Gasteiger partial charge in [-0.25, -0.2) is 0 Å². The standard InChI is InChI=1S/C5H11.K/c1-4-5(2)3;/h5H,1,4H2,2-3H3;. The normalized spacial score (nSPS) is 10.2. The molecular formula is C5H11K. The van der Waals surface area contributed by atoms with Gasteiger partial charge in [-0.05, 0) is 0 Å². The zero-order valence-electron chi connectivity index (χ0n) is 4.99. The zero-order chi connectivity index (χ0) is 4.99. The Balaban J connectivity index is 2.63. The molecule has 0 spiro atoms. The van der Waals surface area contributed by atoms with E-state index >= 15 is 0 Å². The van der Waals surface area contributed by atoms with Gasteiger partial charge in [-0.3, -0.25) is 0 Å². The minimum absolute atomic E-state index is 0.945. The fourth-order valence-electron chi connectivity index (χ4n) is 0.577. The van der Waals surface area contributed by atoms with Crippen LogP contribution in [0.15, 0.2) is 0 Å². The molecule has 0 fully saturated rings. The van der Waals surface area contributed by atoms with E-state index in [9.17, 15) is 0 Å². The monoisotopic (exact) mass is 110 g/mol. The van der Waals surface area contributed by atoms with Gasteiger partial charge < -0.3 is 0 Å². The quantitative estimate of drug-likeness (QED) is 0.474. The molecule has 6 heavy (non-hydrogen) atoms. The van der Waals surface area contributed by atoms with Gasteiger partial charge in [0.25, 0.3) is 0 Å². The van der Waals surface area contributed by atoms with Crippen LogP contribution in [0.1, 0.15) is 20.3 Å². The average molecular weight is 110 g/mol. The van der Waals surface area contributed by atoms with Gasteiger partial charge in [-0.1, -0.05) is 0 Å². The Labute approximate surface area is 74.3 Å². The SMILES string of the molecule is CC(C)C[CH2][K]. The maximum atomic E-state index is 2.28. The summed E-state index contributed by atoms with van der Waals surface area (Å²) in [6.07, 6.45) is 1.46. The van der Waals surface area contributed by atoms with Gasteiger partial charge in [0.2, 0.25) is 0 Å². The molecular weight excluding hydrogens is 99.2 g/mol. The van der Waals surface area contributed by atoms with E-state index in [0.717, 1.165) is 54.9 Å². The summed E-state index contributed by atoms with van der Waals surface area (Å²) < 4.78 is 1.52. The van der Waals surface area contributed by atoms with E-state index in [1.165, 1.54) is 6.94 Å². The van der Waals surface area contributed by atoms with Gasteiger partial charge in [0, 0.05) is 0 Å². The second kappa shape index (κ2) is 4.79. The summed E-state index contributed by atoms with van der Waals surface area (Å²) in [6, 6.07) is 0. The summed E-state index contributed by atoms with van der Waals surface area (Å²) in [6.45, 7) is 4.57. The molecule has 0 saturated carbocycles. The minimum atomic E-state index is 0.945. The van der Waals surface area contributed by atoms with Crippen molar-refractivity contribution in [1.82, 2.24) is 0 Å². The summed E-state index contributed by atoms with van der Waals surface area (Å²) in [4.78, 5) is 0. The Morgan fingerprint density at radius 2 is 2.00 bits per heavy atom. The van der Waals surface area contributed by atoms with Gasteiger partial charge in [0.15, 0.2) is 0 Å².